The van der Waals surface area contributed by atoms with Crippen LogP contribution in [0.3, 0.4) is 0 Å². The minimum absolute atomic E-state index is 0.182. The monoisotopic (exact) mass is 355 g/mol. The molecule has 0 amide bonds. The zero-order valence-corrected chi connectivity index (χ0v) is 13.8. The van der Waals surface area contributed by atoms with Crippen LogP contribution in [0.4, 0.5) is 0 Å². The molecule has 21 heavy (non-hydrogen) atoms. The summed E-state index contributed by atoms with van der Waals surface area (Å²) in [5.74, 6) is -1.16. The largest absolute Gasteiger partial charge is 0.479 e. The minimum atomic E-state index is -1.69. The molecule has 1 saturated heterocycles. The fourth-order valence-corrected chi connectivity index (χ4v) is 3.35. The number of rotatable bonds is 5. The van der Waals surface area contributed by atoms with Gasteiger partial charge in [-0.25, -0.2) is 4.79 Å². The van der Waals surface area contributed by atoms with Gasteiger partial charge in [0.15, 0.2) is 5.60 Å². The number of piperidine rings is 1. The highest BCUT2D eigenvalue weighted by atomic mass is 79.9. The Morgan fingerprint density at radius 2 is 2.24 bits per heavy atom. The van der Waals surface area contributed by atoms with Crippen LogP contribution < -0.4 is 0 Å². The van der Waals surface area contributed by atoms with Crippen LogP contribution >= 0.6 is 15.9 Å². The Bertz CT molecular complexity index is 504. The molecule has 1 aromatic rings. The molecule has 1 heterocycles. The van der Waals surface area contributed by atoms with Crippen LogP contribution in [-0.4, -0.2) is 45.8 Å². The first-order valence-corrected chi connectivity index (χ1v) is 8.12. The topological polar surface area (TPSA) is 60.8 Å². The summed E-state index contributed by atoms with van der Waals surface area (Å²) in [5, 5.41) is 19.1. The van der Waals surface area contributed by atoms with Crippen molar-refractivity contribution in [3.8, 4) is 0 Å². The van der Waals surface area contributed by atoms with Gasteiger partial charge in [0, 0.05) is 17.1 Å². The zero-order valence-electron chi connectivity index (χ0n) is 12.3. The van der Waals surface area contributed by atoms with Crippen molar-refractivity contribution in [3.63, 3.8) is 0 Å². The van der Waals surface area contributed by atoms with Crippen molar-refractivity contribution < 1.29 is 15.0 Å². The SMILES string of the molecule is CC(O)(CN1CCCCC1Cc1cccc(Br)c1)C(=O)O. The van der Waals surface area contributed by atoms with E-state index in [9.17, 15) is 9.90 Å². The Morgan fingerprint density at radius 3 is 2.90 bits per heavy atom. The number of aliphatic carboxylic acids is 1. The van der Waals surface area contributed by atoms with Gasteiger partial charge in [-0.05, 0) is 50.4 Å². The predicted octanol–water partition coefficient (Wildman–Crippen LogP) is 2.68. The number of carboxylic acids is 1. The van der Waals surface area contributed by atoms with Crippen LogP contribution in [0.5, 0.6) is 0 Å². The summed E-state index contributed by atoms with van der Waals surface area (Å²) in [6.07, 6.45) is 4.15. The fraction of sp³-hybridized carbons (Fsp3) is 0.562. The molecule has 2 N–H and O–H groups in total. The number of halogens is 1. The Hall–Kier alpha value is -0.910. The van der Waals surface area contributed by atoms with Gasteiger partial charge in [-0.3, -0.25) is 4.90 Å². The van der Waals surface area contributed by atoms with E-state index in [4.69, 9.17) is 5.11 Å². The number of hydrogen-bond donors (Lipinski definition) is 2. The summed E-state index contributed by atoms with van der Waals surface area (Å²) < 4.78 is 1.06. The van der Waals surface area contributed by atoms with Crippen LogP contribution in [0.25, 0.3) is 0 Å². The van der Waals surface area contributed by atoms with E-state index in [1.54, 1.807) is 0 Å². The summed E-state index contributed by atoms with van der Waals surface area (Å²) in [7, 11) is 0. The van der Waals surface area contributed by atoms with Gasteiger partial charge in [-0.1, -0.05) is 34.5 Å². The van der Waals surface area contributed by atoms with E-state index >= 15 is 0 Å². The first-order chi connectivity index (χ1) is 9.88. The van der Waals surface area contributed by atoms with Crippen molar-refractivity contribution in [2.75, 3.05) is 13.1 Å². The lowest BCUT2D eigenvalue weighted by Crippen LogP contribution is -2.52. The Kier molecular flexibility index (Phi) is 5.41. The first kappa shape index (κ1) is 16.5. The van der Waals surface area contributed by atoms with Crippen molar-refractivity contribution in [3.05, 3.63) is 34.3 Å². The lowest BCUT2D eigenvalue weighted by molar-refractivity contribution is -0.159. The summed E-state index contributed by atoms with van der Waals surface area (Å²) in [5.41, 5.74) is -0.455. The molecule has 4 nitrogen and oxygen atoms in total. The van der Waals surface area contributed by atoms with Gasteiger partial charge in [0.05, 0.1) is 0 Å². The van der Waals surface area contributed by atoms with Crippen LogP contribution in [0.15, 0.2) is 28.7 Å². The van der Waals surface area contributed by atoms with Crippen LogP contribution in [-0.2, 0) is 11.2 Å². The standard InChI is InChI=1S/C16H22BrNO3/c1-16(21,15(19)20)11-18-8-3-2-7-14(18)10-12-5-4-6-13(17)9-12/h4-6,9,14,21H,2-3,7-8,10-11H2,1H3,(H,19,20). The third-order valence-electron chi connectivity index (χ3n) is 4.08. The Balaban J connectivity index is 2.07. The molecule has 5 heteroatoms. The summed E-state index contributed by atoms with van der Waals surface area (Å²) >= 11 is 3.48. The van der Waals surface area contributed by atoms with E-state index in [0.717, 1.165) is 36.7 Å². The highest BCUT2D eigenvalue weighted by Crippen LogP contribution is 2.24. The van der Waals surface area contributed by atoms with E-state index < -0.39 is 11.6 Å². The fourth-order valence-electron chi connectivity index (χ4n) is 2.90. The second kappa shape index (κ2) is 6.90. The number of carboxylic acid groups (broad SMARTS) is 1. The third-order valence-corrected chi connectivity index (χ3v) is 4.57. The first-order valence-electron chi connectivity index (χ1n) is 7.33. The molecular formula is C16H22BrNO3. The van der Waals surface area contributed by atoms with E-state index in [0.29, 0.717) is 6.04 Å². The normalized spacial score (nSPS) is 22.7. The average molecular weight is 356 g/mol. The minimum Gasteiger partial charge on any atom is -0.479 e. The molecule has 0 spiro atoms. The molecule has 0 radical (unpaired) electrons. The average Bonchev–Trinajstić information content (AvgIpc) is 2.40. The summed E-state index contributed by atoms with van der Waals surface area (Å²) in [4.78, 5) is 13.2. The molecule has 0 aliphatic carbocycles. The molecule has 2 rings (SSSR count). The third kappa shape index (κ3) is 4.53. The number of hydrogen-bond acceptors (Lipinski definition) is 3. The number of aliphatic hydroxyl groups is 1. The smallest absolute Gasteiger partial charge is 0.336 e. The van der Waals surface area contributed by atoms with Crippen molar-refractivity contribution in [2.45, 2.75) is 44.2 Å². The Morgan fingerprint density at radius 1 is 1.48 bits per heavy atom. The van der Waals surface area contributed by atoms with Crippen molar-refractivity contribution in [1.82, 2.24) is 4.90 Å². The lowest BCUT2D eigenvalue weighted by atomic mass is 9.93. The molecular weight excluding hydrogens is 334 g/mol. The van der Waals surface area contributed by atoms with E-state index in [1.165, 1.54) is 12.5 Å². The summed E-state index contributed by atoms with van der Waals surface area (Å²) in [6.45, 7) is 2.41. The zero-order chi connectivity index (χ0) is 15.5. The molecule has 0 saturated carbocycles. The molecule has 0 bridgehead atoms. The molecule has 2 unspecified atom stereocenters. The van der Waals surface area contributed by atoms with E-state index in [-0.39, 0.29) is 6.54 Å². The number of carbonyl (C=O) groups is 1. The number of benzene rings is 1. The second-order valence-electron chi connectivity index (χ2n) is 6.03. The van der Waals surface area contributed by atoms with Crippen molar-refractivity contribution >= 4 is 21.9 Å². The summed E-state index contributed by atoms with van der Waals surface area (Å²) in [6, 6.07) is 8.49. The van der Waals surface area contributed by atoms with Gasteiger partial charge in [-0.15, -0.1) is 0 Å². The molecule has 1 fully saturated rings. The van der Waals surface area contributed by atoms with Gasteiger partial charge in [-0.2, -0.15) is 0 Å². The van der Waals surface area contributed by atoms with Gasteiger partial charge >= 0.3 is 5.97 Å². The van der Waals surface area contributed by atoms with Gasteiger partial charge < -0.3 is 10.2 Å². The molecule has 0 aromatic heterocycles. The highest BCUT2D eigenvalue weighted by molar-refractivity contribution is 9.10. The van der Waals surface area contributed by atoms with Crippen LogP contribution in [0.1, 0.15) is 31.7 Å². The molecule has 1 aromatic carbocycles. The second-order valence-corrected chi connectivity index (χ2v) is 6.95. The quantitative estimate of drug-likeness (QED) is 0.852. The molecule has 1 aliphatic heterocycles. The number of nitrogens with zero attached hydrogens (tertiary/aromatic N) is 1. The van der Waals surface area contributed by atoms with Gasteiger partial charge in [0.1, 0.15) is 0 Å². The highest BCUT2D eigenvalue weighted by Gasteiger charge is 2.35. The molecule has 116 valence electrons. The molecule has 2 atom stereocenters. The Labute approximate surface area is 133 Å². The lowest BCUT2D eigenvalue weighted by Gasteiger charge is -2.38. The van der Waals surface area contributed by atoms with Crippen molar-refractivity contribution in [2.24, 2.45) is 0 Å². The van der Waals surface area contributed by atoms with E-state index in [2.05, 4.69) is 33.0 Å². The molecule has 1 aliphatic rings. The van der Waals surface area contributed by atoms with Gasteiger partial charge in [0.25, 0.3) is 0 Å². The maximum Gasteiger partial charge on any atom is 0.336 e. The van der Waals surface area contributed by atoms with Gasteiger partial charge in [0.2, 0.25) is 0 Å². The van der Waals surface area contributed by atoms with E-state index in [1.807, 2.05) is 12.1 Å². The maximum absolute atomic E-state index is 11.1. The van der Waals surface area contributed by atoms with Crippen molar-refractivity contribution in [1.29, 1.82) is 0 Å². The number of likely N-dealkylation sites (tertiary alicyclic amines) is 1. The van der Waals surface area contributed by atoms with Crippen LogP contribution in [0, 0.1) is 0 Å². The maximum atomic E-state index is 11.1. The predicted molar refractivity (Wildman–Crippen MR) is 85.3 cm³/mol. The number of β-amino-alcohol motifs (C(OH)–C–C–N with tert-alkyl or cyclic N) is 1. The van der Waals surface area contributed by atoms with Crippen LogP contribution in [0.2, 0.25) is 0 Å².